The summed E-state index contributed by atoms with van der Waals surface area (Å²) in [5, 5.41) is 0. The average Bonchev–Trinajstić information content (AvgIpc) is 2.06. The fourth-order valence-corrected chi connectivity index (χ4v) is 1.67. The van der Waals surface area contributed by atoms with Crippen molar-refractivity contribution in [3.63, 3.8) is 0 Å². The van der Waals surface area contributed by atoms with Crippen molar-refractivity contribution in [2.75, 3.05) is 0 Å². The van der Waals surface area contributed by atoms with Gasteiger partial charge in [-0.3, -0.25) is 4.79 Å². The molecule has 1 atom stereocenters. The molecule has 0 spiro atoms. The van der Waals surface area contributed by atoms with E-state index < -0.39 is 0 Å². The van der Waals surface area contributed by atoms with E-state index in [0.717, 1.165) is 25.0 Å². The molecule has 58 valence electrons. The van der Waals surface area contributed by atoms with Crippen molar-refractivity contribution in [3.05, 3.63) is 0 Å². The van der Waals surface area contributed by atoms with E-state index in [-0.39, 0.29) is 11.8 Å². The standard InChI is InChI=1S/C8H10N2O/c11-8-6-3-1-2-4-7(6)9-5-10-8/h5-6H,1-4H2. The first-order chi connectivity index (χ1) is 5.38. The molecule has 1 aliphatic heterocycles. The lowest BCUT2D eigenvalue weighted by molar-refractivity contribution is -0.120. The summed E-state index contributed by atoms with van der Waals surface area (Å²) in [4.78, 5) is 18.9. The maximum absolute atomic E-state index is 11.1. The molecule has 0 aromatic carbocycles. The van der Waals surface area contributed by atoms with Gasteiger partial charge in [-0.05, 0) is 19.3 Å². The number of hydrogen-bond acceptors (Lipinski definition) is 2. The Morgan fingerprint density at radius 2 is 2.36 bits per heavy atom. The van der Waals surface area contributed by atoms with Crippen molar-refractivity contribution < 1.29 is 4.79 Å². The van der Waals surface area contributed by atoms with Crippen LogP contribution in [0.4, 0.5) is 0 Å². The zero-order chi connectivity index (χ0) is 7.68. The molecule has 3 heteroatoms. The Morgan fingerprint density at radius 3 is 3.18 bits per heavy atom. The van der Waals surface area contributed by atoms with Crippen LogP contribution in [-0.4, -0.2) is 18.0 Å². The summed E-state index contributed by atoms with van der Waals surface area (Å²) in [5.74, 6) is 0.0449. The Labute approximate surface area is 65.2 Å². The van der Waals surface area contributed by atoms with E-state index >= 15 is 0 Å². The summed E-state index contributed by atoms with van der Waals surface area (Å²) >= 11 is 0. The Hall–Kier alpha value is -0.990. The number of hydrogen-bond donors (Lipinski definition) is 0. The molecule has 2 rings (SSSR count). The SMILES string of the molecule is O=C1N=CN=C2CCCCC12. The van der Waals surface area contributed by atoms with Gasteiger partial charge in [-0.1, -0.05) is 6.42 Å². The van der Waals surface area contributed by atoms with Gasteiger partial charge in [0.1, 0.15) is 6.34 Å². The molecule has 1 saturated carbocycles. The predicted octanol–water partition coefficient (Wildman–Crippen LogP) is 1.19. The minimum atomic E-state index is 0.00898. The van der Waals surface area contributed by atoms with Gasteiger partial charge in [0.15, 0.2) is 0 Å². The Bertz CT molecular complexity index is 242. The third kappa shape index (κ3) is 1.11. The highest BCUT2D eigenvalue weighted by Crippen LogP contribution is 2.24. The second kappa shape index (κ2) is 2.57. The van der Waals surface area contributed by atoms with E-state index in [2.05, 4.69) is 9.98 Å². The van der Waals surface area contributed by atoms with Crippen molar-refractivity contribution in [1.82, 2.24) is 0 Å². The smallest absolute Gasteiger partial charge is 0.255 e. The van der Waals surface area contributed by atoms with Gasteiger partial charge in [-0.25, -0.2) is 9.98 Å². The number of aliphatic imine (C=N–C) groups is 2. The Balaban J connectivity index is 2.25. The summed E-state index contributed by atoms with van der Waals surface area (Å²) in [5.41, 5.74) is 1.05. The minimum Gasteiger partial charge on any atom is -0.272 e. The van der Waals surface area contributed by atoms with Gasteiger partial charge in [0.25, 0.3) is 5.91 Å². The van der Waals surface area contributed by atoms with Crippen LogP contribution in [-0.2, 0) is 4.79 Å². The van der Waals surface area contributed by atoms with Crippen LogP contribution < -0.4 is 0 Å². The van der Waals surface area contributed by atoms with E-state index in [1.165, 1.54) is 12.8 Å². The molecule has 1 amide bonds. The zero-order valence-corrected chi connectivity index (χ0v) is 6.29. The van der Waals surface area contributed by atoms with Gasteiger partial charge in [0.2, 0.25) is 0 Å². The predicted molar refractivity (Wildman–Crippen MR) is 42.9 cm³/mol. The maximum Gasteiger partial charge on any atom is 0.255 e. The van der Waals surface area contributed by atoms with Crippen molar-refractivity contribution in [2.24, 2.45) is 15.9 Å². The third-order valence-electron chi connectivity index (χ3n) is 2.28. The fraction of sp³-hybridized carbons (Fsp3) is 0.625. The third-order valence-corrected chi connectivity index (χ3v) is 2.28. The van der Waals surface area contributed by atoms with E-state index in [4.69, 9.17) is 0 Å². The van der Waals surface area contributed by atoms with Gasteiger partial charge in [0, 0.05) is 5.71 Å². The molecular weight excluding hydrogens is 140 g/mol. The number of carbonyl (C=O) groups is 1. The van der Waals surface area contributed by atoms with Crippen molar-refractivity contribution in [2.45, 2.75) is 25.7 Å². The second-order valence-corrected chi connectivity index (χ2v) is 3.00. The molecule has 0 aromatic rings. The highest BCUT2D eigenvalue weighted by atomic mass is 16.1. The normalized spacial score (nSPS) is 29.6. The molecule has 1 aliphatic carbocycles. The van der Waals surface area contributed by atoms with Gasteiger partial charge in [0.05, 0.1) is 5.92 Å². The number of carbonyl (C=O) groups excluding carboxylic acids is 1. The molecule has 11 heavy (non-hydrogen) atoms. The van der Waals surface area contributed by atoms with E-state index in [1.807, 2.05) is 0 Å². The van der Waals surface area contributed by atoms with Gasteiger partial charge >= 0.3 is 0 Å². The van der Waals surface area contributed by atoms with Crippen molar-refractivity contribution >= 4 is 18.0 Å². The first-order valence-electron chi connectivity index (χ1n) is 4.01. The summed E-state index contributed by atoms with van der Waals surface area (Å²) in [6.45, 7) is 0. The fourth-order valence-electron chi connectivity index (χ4n) is 1.67. The Morgan fingerprint density at radius 1 is 1.45 bits per heavy atom. The lowest BCUT2D eigenvalue weighted by Crippen LogP contribution is -2.28. The lowest BCUT2D eigenvalue weighted by atomic mass is 9.86. The molecule has 0 saturated heterocycles. The summed E-state index contributed by atoms with van der Waals surface area (Å²) in [7, 11) is 0. The van der Waals surface area contributed by atoms with E-state index in [1.54, 1.807) is 0 Å². The number of fused-ring (bicyclic) bond motifs is 1. The first kappa shape index (κ1) is 6.70. The molecule has 1 unspecified atom stereocenters. The maximum atomic E-state index is 11.1. The number of nitrogens with zero attached hydrogens (tertiary/aromatic N) is 2. The largest absolute Gasteiger partial charge is 0.272 e. The Kier molecular flexibility index (Phi) is 1.56. The highest BCUT2D eigenvalue weighted by Gasteiger charge is 2.27. The van der Waals surface area contributed by atoms with Crippen molar-refractivity contribution in [3.8, 4) is 0 Å². The van der Waals surface area contributed by atoms with Crippen LogP contribution >= 0.6 is 0 Å². The zero-order valence-electron chi connectivity index (χ0n) is 6.29. The topological polar surface area (TPSA) is 41.8 Å². The molecule has 0 aromatic heterocycles. The van der Waals surface area contributed by atoms with Crippen LogP contribution in [0.3, 0.4) is 0 Å². The van der Waals surface area contributed by atoms with Crippen molar-refractivity contribution in [1.29, 1.82) is 0 Å². The average molecular weight is 150 g/mol. The minimum absolute atomic E-state index is 0.00898. The van der Waals surface area contributed by atoms with Crippen LogP contribution in [0, 0.1) is 5.92 Å². The lowest BCUT2D eigenvalue weighted by Gasteiger charge is -2.22. The quantitative estimate of drug-likeness (QED) is 0.511. The molecule has 0 N–H and O–H groups in total. The van der Waals surface area contributed by atoms with Gasteiger partial charge in [-0.15, -0.1) is 0 Å². The van der Waals surface area contributed by atoms with Crippen LogP contribution in [0.15, 0.2) is 9.98 Å². The summed E-state index contributed by atoms with van der Waals surface area (Å²) in [6.07, 6.45) is 5.65. The molecule has 0 radical (unpaired) electrons. The number of amides is 1. The molecule has 0 bridgehead atoms. The first-order valence-corrected chi connectivity index (χ1v) is 4.01. The van der Waals surface area contributed by atoms with Crippen LogP contribution in [0.5, 0.6) is 0 Å². The van der Waals surface area contributed by atoms with Crippen LogP contribution in [0.1, 0.15) is 25.7 Å². The van der Waals surface area contributed by atoms with E-state index in [0.29, 0.717) is 0 Å². The molecule has 1 heterocycles. The summed E-state index contributed by atoms with van der Waals surface area (Å²) in [6, 6.07) is 0. The highest BCUT2D eigenvalue weighted by molar-refractivity contribution is 6.11. The molecule has 1 fully saturated rings. The van der Waals surface area contributed by atoms with Gasteiger partial charge in [-0.2, -0.15) is 0 Å². The second-order valence-electron chi connectivity index (χ2n) is 3.00. The monoisotopic (exact) mass is 150 g/mol. The number of rotatable bonds is 0. The molecule has 3 nitrogen and oxygen atoms in total. The van der Waals surface area contributed by atoms with E-state index in [9.17, 15) is 4.79 Å². The van der Waals surface area contributed by atoms with Crippen LogP contribution in [0.25, 0.3) is 0 Å². The molecule has 2 aliphatic rings. The summed E-state index contributed by atoms with van der Waals surface area (Å²) < 4.78 is 0. The molecular formula is C8H10N2O. The van der Waals surface area contributed by atoms with Gasteiger partial charge < -0.3 is 0 Å². The van der Waals surface area contributed by atoms with Crippen LogP contribution in [0.2, 0.25) is 0 Å².